The number of halogens is 3. The van der Waals surface area contributed by atoms with Crippen LogP contribution in [-0.2, 0) is 16.1 Å². The maximum atomic E-state index is 13.2. The van der Waals surface area contributed by atoms with Crippen LogP contribution >= 0.6 is 12.2 Å². The summed E-state index contributed by atoms with van der Waals surface area (Å²) in [6, 6.07) is 5.39. The van der Waals surface area contributed by atoms with Gasteiger partial charge in [-0.2, -0.15) is 13.2 Å². The van der Waals surface area contributed by atoms with E-state index in [1.165, 1.54) is 0 Å². The molecule has 6 nitrogen and oxygen atoms in total. The zero-order valence-corrected chi connectivity index (χ0v) is 19.8. The largest absolute Gasteiger partial charge is 0.471 e. The Morgan fingerprint density at radius 2 is 1.83 bits per heavy atom. The molecule has 1 aromatic carbocycles. The number of nitrogens with one attached hydrogen (secondary N) is 2. The number of hydrogen-bond acceptors (Lipinski definition) is 4. The van der Waals surface area contributed by atoms with Gasteiger partial charge in [-0.15, -0.1) is 0 Å². The Morgan fingerprint density at radius 3 is 2.51 bits per heavy atom. The maximum Gasteiger partial charge on any atom is 0.471 e. The number of rotatable bonds is 6. The smallest absolute Gasteiger partial charge is 0.348 e. The number of hydrogen-bond donors (Lipinski definition) is 2. The van der Waals surface area contributed by atoms with Gasteiger partial charge in [0.25, 0.3) is 11.8 Å². The van der Waals surface area contributed by atoms with Crippen molar-refractivity contribution in [2.75, 3.05) is 18.4 Å². The van der Waals surface area contributed by atoms with Crippen molar-refractivity contribution < 1.29 is 27.6 Å². The highest BCUT2D eigenvalue weighted by Gasteiger charge is 2.39. The van der Waals surface area contributed by atoms with Crippen LogP contribution in [0.5, 0.6) is 0 Å². The first-order valence-electron chi connectivity index (χ1n) is 11.6. The van der Waals surface area contributed by atoms with Crippen molar-refractivity contribution in [3.8, 4) is 0 Å². The van der Waals surface area contributed by atoms with Crippen LogP contribution in [0.15, 0.2) is 42.0 Å². The molecule has 0 aromatic heterocycles. The number of thiocarbonyl (C=S) groups is 1. The van der Waals surface area contributed by atoms with Crippen molar-refractivity contribution in [1.82, 2.24) is 10.2 Å². The molecule has 0 spiro atoms. The van der Waals surface area contributed by atoms with E-state index in [0.717, 1.165) is 18.4 Å². The second-order valence-corrected chi connectivity index (χ2v) is 9.70. The van der Waals surface area contributed by atoms with Gasteiger partial charge in [-0.1, -0.05) is 36.5 Å². The van der Waals surface area contributed by atoms with Crippen LogP contribution in [0.3, 0.4) is 0 Å². The molecule has 1 fully saturated rings. The lowest BCUT2D eigenvalue weighted by molar-refractivity contribution is -0.173. The Morgan fingerprint density at radius 1 is 1.11 bits per heavy atom. The van der Waals surface area contributed by atoms with Gasteiger partial charge in [-0.3, -0.25) is 14.4 Å². The first-order chi connectivity index (χ1) is 16.6. The van der Waals surface area contributed by atoms with Crippen LogP contribution in [0.2, 0.25) is 0 Å². The number of allylic oxidation sites excluding steroid dienone is 3. The zero-order valence-electron chi connectivity index (χ0n) is 19.0. The Hall–Kier alpha value is -3.01. The second kappa shape index (κ2) is 10.3. The Balaban J connectivity index is 1.32. The average Bonchev–Trinajstić information content (AvgIpc) is 3.14. The van der Waals surface area contributed by atoms with Crippen LogP contribution in [0.4, 0.5) is 18.9 Å². The highest BCUT2D eigenvalue weighted by molar-refractivity contribution is 7.81. The topological polar surface area (TPSA) is 78.5 Å². The normalized spacial score (nSPS) is 22.0. The SMILES string of the molecule is O=C(Nc1cccc2c1C(=O)N(CC1CCC(CNC(=O)C(F)(F)F)CC1)C2)C1=CC=CCC1=S. The summed E-state index contributed by atoms with van der Waals surface area (Å²) in [5, 5.41) is 4.81. The van der Waals surface area contributed by atoms with Crippen molar-refractivity contribution in [2.24, 2.45) is 11.8 Å². The Kier molecular flexibility index (Phi) is 7.39. The molecule has 2 N–H and O–H groups in total. The Labute approximate surface area is 206 Å². The van der Waals surface area contributed by atoms with Crippen molar-refractivity contribution in [2.45, 2.75) is 44.8 Å². The van der Waals surface area contributed by atoms with Crippen molar-refractivity contribution in [3.05, 3.63) is 53.1 Å². The van der Waals surface area contributed by atoms with Crippen molar-refractivity contribution in [1.29, 1.82) is 0 Å². The molecule has 0 atom stereocenters. The highest BCUT2D eigenvalue weighted by Crippen LogP contribution is 2.34. The number of benzene rings is 1. The molecule has 0 radical (unpaired) electrons. The molecular weight excluding hydrogens is 479 g/mol. The first kappa shape index (κ1) is 25.1. The Bertz CT molecular complexity index is 1100. The number of anilines is 1. The molecule has 2 aliphatic carbocycles. The van der Waals surface area contributed by atoms with Gasteiger partial charge >= 0.3 is 12.1 Å². The van der Waals surface area contributed by atoms with Crippen molar-refractivity contribution in [3.63, 3.8) is 0 Å². The summed E-state index contributed by atoms with van der Waals surface area (Å²) in [6.07, 6.45) is 3.94. The minimum atomic E-state index is -4.86. The molecule has 1 aliphatic heterocycles. The molecule has 1 saturated carbocycles. The lowest BCUT2D eigenvalue weighted by Gasteiger charge is -2.31. The predicted octanol–water partition coefficient (Wildman–Crippen LogP) is 4.32. The van der Waals surface area contributed by atoms with Gasteiger partial charge in [0.1, 0.15) is 0 Å². The molecule has 0 bridgehead atoms. The number of nitrogens with zero attached hydrogens (tertiary/aromatic N) is 1. The van der Waals surface area contributed by atoms with E-state index >= 15 is 0 Å². The van der Waals surface area contributed by atoms with Gasteiger partial charge < -0.3 is 15.5 Å². The van der Waals surface area contributed by atoms with E-state index in [1.54, 1.807) is 29.2 Å². The molecular formula is C25H26F3N3O3S. The minimum absolute atomic E-state index is 0.000793. The van der Waals surface area contributed by atoms with E-state index in [1.807, 2.05) is 17.5 Å². The fraction of sp³-hybridized carbons (Fsp3) is 0.440. The third-order valence-electron chi connectivity index (χ3n) is 6.76. The molecule has 186 valence electrons. The number of fused-ring (bicyclic) bond motifs is 1. The van der Waals surface area contributed by atoms with E-state index in [2.05, 4.69) is 5.32 Å². The monoisotopic (exact) mass is 505 g/mol. The van der Waals surface area contributed by atoms with E-state index in [9.17, 15) is 27.6 Å². The minimum Gasteiger partial charge on any atom is -0.348 e. The third kappa shape index (κ3) is 5.80. The molecule has 3 amide bonds. The summed E-state index contributed by atoms with van der Waals surface area (Å²) < 4.78 is 37.1. The summed E-state index contributed by atoms with van der Waals surface area (Å²) in [7, 11) is 0. The highest BCUT2D eigenvalue weighted by atomic mass is 32.1. The van der Waals surface area contributed by atoms with E-state index < -0.39 is 12.1 Å². The van der Waals surface area contributed by atoms with Gasteiger partial charge in [-0.05, 0) is 55.2 Å². The predicted molar refractivity (Wildman–Crippen MR) is 129 cm³/mol. The van der Waals surface area contributed by atoms with Crippen LogP contribution in [0.1, 0.15) is 48.0 Å². The van der Waals surface area contributed by atoms with Crippen LogP contribution in [-0.4, -0.2) is 46.8 Å². The molecule has 35 heavy (non-hydrogen) atoms. The molecule has 0 saturated heterocycles. The maximum absolute atomic E-state index is 13.2. The fourth-order valence-corrected chi connectivity index (χ4v) is 5.13. The third-order valence-corrected chi connectivity index (χ3v) is 7.15. The number of carbonyl (C=O) groups is 3. The summed E-state index contributed by atoms with van der Waals surface area (Å²) in [6.45, 7) is 1.00. The number of amides is 3. The molecule has 4 rings (SSSR count). The lowest BCUT2D eigenvalue weighted by atomic mass is 9.81. The van der Waals surface area contributed by atoms with Gasteiger partial charge in [0.15, 0.2) is 0 Å². The lowest BCUT2D eigenvalue weighted by Crippen LogP contribution is -2.40. The quantitative estimate of drug-likeness (QED) is 0.565. The number of alkyl halides is 3. The summed E-state index contributed by atoms with van der Waals surface area (Å²) in [5.41, 5.74) is 2.21. The molecule has 10 heteroatoms. The van der Waals surface area contributed by atoms with Gasteiger partial charge in [-0.25, -0.2) is 0 Å². The standard InChI is InChI=1S/C25H26F3N3O3S/c26-25(27,28)24(34)29-12-15-8-10-16(11-9-15)13-31-14-17-4-3-6-19(21(17)23(31)33)30-22(32)18-5-1-2-7-20(18)35/h1-6,15-16H,7-14H2,(H,29,34)(H,30,32). The molecule has 1 aromatic rings. The summed E-state index contributed by atoms with van der Waals surface area (Å²) in [4.78, 5) is 39.3. The van der Waals surface area contributed by atoms with Crippen LogP contribution in [0, 0.1) is 11.8 Å². The fourth-order valence-electron chi connectivity index (χ4n) is 4.87. The first-order valence-corrected chi connectivity index (χ1v) is 12.0. The van der Waals surface area contributed by atoms with Crippen LogP contribution < -0.4 is 10.6 Å². The molecule has 1 heterocycles. The summed E-state index contributed by atoms with van der Waals surface area (Å²) in [5.74, 6) is -2.15. The second-order valence-electron chi connectivity index (χ2n) is 9.21. The molecule has 3 aliphatic rings. The van der Waals surface area contributed by atoms with E-state index in [-0.39, 0.29) is 30.2 Å². The van der Waals surface area contributed by atoms with Gasteiger partial charge in [0, 0.05) is 30.9 Å². The average molecular weight is 506 g/mol. The molecule has 0 unspecified atom stereocenters. The van der Waals surface area contributed by atoms with Crippen LogP contribution in [0.25, 0.3) is 0 Å². The van der Waals surface area contributed by atoms with E-state index in [0.29, 0.717) is 54.0 Å². The van der Waals surface area contributed by atoms with Crippen molar-refractivity contribution >= 4 is 40.5 Å². The van der Waals surface area contributed by atoms with Gasteiger partial charge in [0.05, 0.1) is 16.8 Å². The van der Waals surface area contributed by atoms with E-state index in [4.69, 9.17) is 12.2 Å². The van der Waals surface area contributed by atoms with Gasteiger partial charge in [0.2, 0.25) is 0 Å². The number of carbonyl (C=O) groups excluding carboxylic acids is 3. The summed E-state index contributed by atoms with van der Waals surface area (Å²) >= 11 is 5.28. The zero-order chi connectivity index (χ0) is 25.2.